The van der Waals surface area contributed by atoms with Crippen LogP contribution in [0.15, 0.2) is 18.2 Å². The van der Waals surface area contributed by atoms with Crippen molar-refractivity contribution < 1.29 is 14.3 Å². The second kappa shape index (κ2) is 11.9. The minimum Gasteiger partial charge on any atom is -0.493 e. The number of carbonyl (C=O) groups is 1. The zero-order chi connectivity index (χ0) is 17.2. The van der Waals surface area contributed by atoms with E-state index < -0.39 is 6.04 Å². The van der Waals surface area contributed by atoms with Crippen LogP contribution < -0.4 is 20.5 Å². The Bertz CT molecular complexity index is 494. The number of nitrogens with two attached hydrogens (primary N) is 1. The van der Waals surface area contributed by atoms with Crippen LogP contribution in [0.2, 0.25) is 0 Å². The van der Waals surface area contributed by atoms with E-state index in [-0.39, 0.29) is 18.3 Å². The molecule has 0 heterocycles. The largest absolute Gasteiger partial charge is 0.493 e. The lowest BCUT2D eigenvalue weighted by Crippen LogP contribution is -2.37. The van der Waals surface area contributed by atoms with E-state index in [9.17, 15) is 4.79 Å². The molecule has 1 aromatic carbocycles. The van der Waals surface area contributed by atoms with E-state index in [0.717, 1.165) is 25.2 Å². The highest BCUT2D eigenvalue weighted by Crippen LogP contribution is 2.28. The zero-order valence-electron chi connectivity index (χ0n) is 15.0. The van der Waals surface area contributed by atoms with Gasteiger partial charge in [-0.1, -0.05) is 19.9 Å². The number of nitrogens with zero attached hydrogens (tertiary/aromatic N) is 1. The lowest BCUT2D eigenvalue weighted by atomic mass is 10.2. The van der Waals surface area contributed by atoms with Crippen LogP contribution in [0, 0.1) is 0 Å². The highest BCUT2D eigenvalue weighted by Gasteiger charge is 2.09. The quantitative estimate of drug-likeness (QED) is 0.666. The molecule has 0 aromatic heterocycles. The van der Waals surface area contributed by atoms with Crippen molar-refractivity contribution in [1.29, 1.82) is 0 Å². The van der Waals surface area contributed by atoms with Gasteiger partial charge in [0.25, 0.3) is 0 Å². The summed E-state index contributed by atoms with van der Waals surface area (Å²) in [7, 11) is 1.61. The van der Waals surface area contributed by atoms with Crippen molar-refractivity contribution in [2.45, 2.75) is 33.4 Å². The van der Waals surface area contributed by atoms with Crippen LogP contribution >= 0.6 is 12.4 Å². The SMILES string of the molecule is CCN(CC)CCOc1ccc(CNC(=O)C(C)N)cc1OC.Cl. The molecule has 1 amide bonds. The zero-order valence-corrected chi connectivity index (χ0v) is 15.8. The first-order valence-electron chi connectivity index (χ1n) is 8.07. The molecule has 0 aliphatic heterocycles. The number of likely N-dealkylation sites (N-methyl/N-ethyl adjacent to an activating group) is 1. The van der Waals surface area contributed by atoms with Crippen LogP contribution in [-0.2, 0) is 11.3 Å². The van der Waals surface area contributed by atoms with Gasteiger partial charge in [-0.3, -0.25) is 4.79 Å². The first-order valence-corrected chi connectivity index (χ1v) is 8.07. The van der Waals surface area contributed by atoms with Gasteiger partial charge < -0.3 is 25.4 Å². The second-order valence-electron chi connectivity index (χ2n) is 5.37. The number of hydrogen-bond donors (Lipinski definition) is 2. The number of carbonyl (C=O) groups excluding carboxylic acids is 1. The van der Waals surface area contributed by atoms with Crippen molar-refractivity contribution in [3.63, 3.8) is 0 Å². The third kappa shape index (κ3) is 7.38. The third-order valence-electron chi connectivity index (χ3n) is 3.67. The number of ether oxygens (including phenoxy) is 2. The van der Waals surface area contributed by atoms with Crippen LogP contribution in [0.4, 0.5) is 0 Å². The number of benzene rings is 1. The lowest BCUT2D eigenvalue weighted by Gasteiger charge is -2.19. The Morgan fingerprint density at radius 1 is 1.29 bits per heavy atom. The van der Waals surface area contributed by atoms with Crippen molar-refractivity contribution in [2.75, 3.05) is 33.4 Å². The monoisotopic (exact) mass is 359 g/mol. The number of methoxy groups -OCH3 is 1. The van der Waals surface area contributed by atoms with E-state index in [4.69, 9.17) is 15.2 Å². The summed E-state index contributed by atoms with van der Waals surface area (Å²) >= 11 is 0. The van der Waals surface area contributed by atoms with Crippen molar-refractivity contribution >= 4 is 18.3 Å². The summed E-state index contributed by atoms with van der Waals surface area (Å²) in [5.41, 5.74) is 6.46. The van der Waals surface area contributed by atoms with Crippen molar-refractivity contribution in [2.24, 2.45) is 5.73 Å². The van der Waals surface area contributed by atoms with Gasteiger partial charge in [-0.2, -0.15) is 0 Å². The molecule has 0 spiro atoms. The van der Waals surface area contributed by atoms with Crippen LogP contribution in [0.3, 0.4) is 0 Å². The molecule has 0 aliphatic carbocycles. The molecule has 1 aromatic rings. The van der Waals surface area contributed by atoms with Crippen molar-refractivity contribution in [1.82, 2.24) is 10.2 Å². The first kappa shape index (κ1) is 22.5. The third-order valence-corrected chi connectivity index (χ3v) is 3.67. The smallest absolute Gasteiger partial charge is 0.236 e. The molecule has 0 saturated heterocycles. The van der Waals surface area contributed by atoms with Gasteiger partial charge in [-0.25, -0.2) is 0 Å². The number of halogens is 1. The summed E-state index contributed by atoms with van der Waals surface area (Å²) < 4.78 is 11.2. The van der Waals surface area contributed by atoms with Gasteiger partial charge >= 0.3 is 0 Å². The average Bonchev–Trinajstić information content (AvgIpc) is 2.56. The fraction of sp³-hybridized carbons (Fsp3) is 0.588. The molecule has 1 atom stereocenters. The summed E-state index contributed by atoms with van der Waals surface area (Å²) in [4.78, 5) is 13.8. The fourth-order valence-corrected chi connectivity index (χ4v) is 2.12. The molecule has 24 heavy (non-hydrogen) atoms. The van der Waals surface area contributed by atoms with Gasteiger partial charge in [0.05, 0.1) is 13.2 Å². The number of hydrogen-bond acceptors (Lipinski definition) is 5. The number of nitrogens with one attached hydrogen (secondary N) is 1. The van der Waals surface area contributed by atoms with Crippen LogP contribution in [-0.4, -0.2) is 50.2 Å². The Balaban J connectivity index is 0.00000529. The topological polar surface area (TPSA) is 76.8 Å². The molecule has 3 N–H and O–H groups in total. The first-order chi connectivity index (χ1) is 11.0. The second-order valence-corrected chi connectivity index (χ2v) is 5.37. The summed E-state index contributed by atoms with van der Waals surface area (Å²) in [6, 6.07) is 5.14. The van der Waals surface area contributed by atoms with Crippen LogP contribution in [0.25, 0.3) is 0 Å². The Hall–Kier alpha value is -1.50. The maximum atomic E-state index is 11.5. The van der Waals surface area contributed by atoms with Gasteiger partial charge in [0, 0.05) is 13.1 Å². The molecule has 1 rings (SSSR count). The Morgan fingerprint density at radius 2 is 1.96 bits per heavy atom. The molecule has 0 radical (unpaired) electrons. The molecule has 0 saturated carbocycles. The summed E-state index contributed by atoms with van der Waals surface area (Å²) in [6.07, 6.45) is 0. The summed E-state index contributed by atoms with van der Waals surface area (Å²) in [6.45, 7) is 9.84. The van der Waals surface area contributed by atoms with Gasteiger partial charge in [0.2, 0.25) is 5.91 Å². The maximum Gasteiger partial charge on any atom is 0.236 e. The highest BCUT2D eigenvalue weighted by atomic mass is 35.5. The van der Waals surface area contributed by atoms with Gasteiger partial charge in [0.15, 0.2) is 11.5 Å². The molecule has 138 valence electrons. The van der Waals surface area contributed by atoms with E-state index in [1.807, 2.05) is 18.2 Å². The Morgan fingerprint density at radius 3 is 2.50 bits per heavy atom. The van der Waals surface area contributed by atoms with E-state index in [0.29, 0.717) is 24.7 Å². The molecule has 0 aliphatic rings. The summed E-state index contributed by atoms with van der Waals surface area (Å²) in [5, 5.41) is 2.78. The van der Waals surface area contributed by atoms with E-state index in [1.165, 1.54) is 0 Å². The lowest BCUT2D eigenvalue weighted by molar-refractivity contribution is -0.122. The Kier molecular flexibility index (Phi) is 11.2. The van der Waals surface area contributed by atoms with Crippen LogP contribution in [0.1, 0.15) is 26.3 Å². The van der Waals surface area contributed by atoms with Crippen LogP contribution in [0.5, 0.6) is 11.5 Å². The molecular weight excluding hydrogens is 330 g/mol. The highest BCUT2D eigenvalue weighted by molar-refractivity contribution is 5.85. The molecule has 1 unspecified atom stereocenters. The minimum absolute atomic E-state index is 0. The van der Waals surface area contributed by atoms with E-state index >= 15 is 0 Å². The predicted molar refractivity (Wildman–Crippen MR) is 99.0 cm³/mol. The van der Waals surface area contributed by atoms with E-state index in [1.54, 1.807) is 14.0 Å². The Labute approximate surface area is 151 Å². The predicted octanol–water partition coefficient (Wildman–Crippen LogP) is 1.80. The van der Waals surface area contributed by atoms with Crippen molar-refractivity contribution in [3.8, 4) is 11.5 Å². The average molecular weight is 360 g/mol. The molecule has 0 fully saturated rings. The number of rotatable bonds is 10. The van der Waals surface area contributed by atoms with Gasteiger partial charge in [0.1, 0.15) is 6.61 Å². The molecule has 0 bridgehead atoms. The fourth-order valence-electron chi connectivity index (χ4n) is 2.12. The molecular formula is C17H30ClN3O3. The summed E-state index contributed by atoms with van der Waals surface area (Å²) in [5.74, 6) is 1.20. The standard InChI is InChI=1S/C17H29N3O3.ClH/c1-5-20(6-2)9-10-23-15-8-7-14(11-16(15)22-4)12-19-17(21)13(3)18;/h7-8,11,13H,5-6,9-10,12,18H2,1-4H3,(H,19,21);1H. The normalized spacial score (nSPS) is 11.6. The van der Waals surface area contributed by atoms with E-state index in [2.05, 4.69) is 24.1 Å². The molecule has 6 nitrogen and oxygen atoms in total. The number of amides is 1. The van der Waals surface area contributed by atoms with Crippen molar-refractivity contribution in [3.05, 3.63) is 23.8 Å². The minimum atomic E-state index is -0.514. The van der Waals surface area contributed by atoms with Gasteiger partial charge in [-0.15, -0.1) is 12.4 Å². The van der Waals surface area contributed by atoms with Gasteiger partial charge in [-0.05, 0) is 37.7 Å². The maximum absolute atomic E-state index is 11.5. The molecule has 7 heteroatoms.